The van der Waals surface area contributed by atoms with Gasteiger partial charge in [0.05, 0.1) is 34.9 Å². The molecule has 0 amide bonds. The van der Waals surface area contributed by atoms with E-state index in [4.69, 9.17) is 46.4 Å². The van der Waals surface area contributed by atoms with Gasteiger partial charge in [-0.25, -0.2) is 16.8 Å². The van der Waals surface area contributed by atoms with Crippen LogP contribution < -0.4 is 0 Å². The van der Waals surface area contributed by atoms with E-state index in [2.05, 4.69) is 87.7 Å². The normalized spacial score (nSPS) is 14.2. The Morgan fingerprint density at radius 3 is 0.898 bits per heavy atom. The van der Waals surface area contributed by atoms with Crippen LogP contribution in [0.1, 0.15) is 78.2 Å². The zero-order valence-corrected chi connectivity index (χ0v) is 30.4. The van der Waals surface area contributed by atoms with E-state index in [9.17, 15) is 26.3 Å². The molecule has 1 aliphatic rings. The summed E-state index contributed by atoms with van der Waals surface area (Å²) in [5, 5.41) is 14.6. The third-order valence-corrected chi connectivity index (χ3v) is 6.74. The van der Waals surface area contributed by atoms with Crippen LogP contribution in [-0.2, 0) is 62.9 Å². The molecule has 2 aromatic heterocycles. The van der Waals surface area contributed by atoms with Gasteiger partial charge in [-0.2, -0.15) is 36.9 Å². The van der Waals surface area contributed by atoms with Crippen LogP contribution in [0.2, 0.25) is 0 Å². The van der Waals surface area contributed by atoms with Crippen LogP contribution in [0.15, 0.2) is 36.4 Å². The van der Waals surface area contributed by atoms with Crippen molar-refractivity contribution in [1.82, 2.24) is 19.8 Å². The van der Waals surface area contributed by atoms with Gasteiger partial charge in [-0.05, 0) is 65.8 Å². The average molecular weight is 791 g/mol. The Morgan fingerprint density at radius 1 is 0.612 bits per heavy atom. The summed E-state index contributed by atoms with van der Waals surface area (Å²) in [5.74, 6) is 0. The number of pyridine rings is 2. The van der Waals surface area contributed by atoms with Crippen molar-refractivity contribution < 1.29 is 68.8 Å². The van der Waals surface area contributed by atoms with Gasteiger partial charge in [-0.15, -0.1) is 0 Å². The summed E-state index contributed by atoms with van der Waals surface area (Å²) in [4.78, 5) is 14.8. The molecule has 0 atom stereocenters. The number of hydrogen-bond donors (Lipinski definition) is 0. The zero-order chi connectivity index (χ0) is 38.4. The van der Waals surface area contributed by atoms with Crippen LogP contribution in [0, 0.1) is 22.7 Å². The first-order chi connectivity index (χ1) is 21.4. The van der Waals surface area contributed by atoms with E-state index in [-0.39, 0.29) is 27.6 Å². The van der Waals surface area contributed by atoms with Crippen LogP contribution in [0.5, 0.6) is 0 Å². The van der Waals surface area contributed by atoms with Crippen LogP contribution in [0.25, 0.3) is 0 Å². The fourth-order valence-corrected chi connectivity index (χ4v) is 3.25. The molecule has 0 saturated heterocycles. The third kappa shape index (κ3) is 21.0. The molecule has 0 saturated carbocycles. The molecule has 3 rings (SSSR count). The molecule has 49 heavy (non-hydrogen) atoms. The molecule has 0 fully saturated rings. The second kappa shape index (κ2) is 20.7. The van der Waals surface area contributed by atoms with E-state index >= 15 is 0 Å². The Kier molecular flexibility index (Phi) is 21.3. The number of nitrogens with zero attached hydrogens (tertiary/aromatic N) is 6. The Balaban J connectivity index is -0.000000757. The minimum absolute atomic E-state index is 0. The van der Waals surface area contributed by atoms with Gasteiger partial charge in [-0.1, -0.05) is 12.1 Å². The first-order valence-electron chi connectivity index (χ1n) is 13.5. The van der Waals surface area contributed by atoms with E-state index in [1.54, 1.807) is 12.1 Å². The van der Waals surface area contributed by atoms with Gasteiger partial charge in [-0.3, -0.25) is 19.8 Å². The first kappa shape index (κ1) is 50.5. The van der Waals surface area contributed by atoms with Crippen molar-refractivity contribution in [2.24, 2.45) is 0 Å². The molecular weight excluding hydrogens is 753 g/mol. The number of nitriles is 2. The Hall–Kier alpha value is -2.91. The molecule has 0 aromatic carbocycles. The topological polar surface area (TPSA) is 194 Å². The standard InChI is InChI=1S/C22H32N4.2C2H3N.2CHF3O3S.Ni/c1-21(2,3)25-13-17-9-7-11-19(23-17)15-26(22(4,5)6)16-20-12-8-10-18(14-25)24-20;2*1-2-3;2*2-1(3,4)8(5,6)7;/h7-12H,13-16H2,1-6H3;2*1H3;2*(H,5,6,7);/q;;;;;+3/p-2. The summed E-state index contributed by atoms with van der Waals surface area (Å²) >= 11 is 0. The smallest absolute Gasteiger partial charge is 0.741 e. The monoisotopic (exact) mass is 790 g/mol. The molecule has 3 heterocycles. The molecule has 0 aliphatic carbocycles. The number of aromatic nitrogens is 2. The number of hydrogen-bond acceptors (Lipinski definition) is 12. The fraction of sp³-hybridized carbons (Fsp3) is 0.571. The number of alkyl halides is 6. The van der Waals surface area contributed by atoms with Crippen molar-refractivity contribution >= 4 is 20.2 Å². The van der Waals surface area contributed by atoms with Crippen LogP contribution >= 0.6 is 0 Å². The second-order valence-electron chi connectivity index (χ2n) is 11.5. The van der Waals surface area contributed by atoms with Gasteiger partial charge in [0, 0.05) is 51.1 Å². The van der Waals surface area contributed by atoms with Gasteiger partial charge >= 0.3 is 27.5 Å². The van der Waals surface area contributed by atoms with Gasteiger partial charge in [0.2, 0.25) is 0 Å². The van der Waals surface area contributed by atoms with E-state index in [0.29, 0.717) is 0 Å². The van der Waals surface area contributed by atoms with E-state index in [0.717, 1.165) is 49.0 Å². The predicted octanol–water partition coefficient (Wildman–Crippen LogP) is 5.55. The second-order valence-corrected chi connectivity index (χ2v) is 14.3. The molecule has 0 spiro atoms. The summed E-state index contributed by atoms with van der Waals surface area (Å²) in [6, 6.07) is 16.3. The molecule has 4 bridgehead atoms. The predicted molar refractivity (Wildman–Crippen MR) is 161 cm³/mol. The molecule has 1 radical (unpaired) electrons. The van der Waals surface area contributed by atoms with Crippen molar-refractivity contribution in [3.63, 3.8) is 0 Å². The van der Waals surface area contributed by atoms with Crippen molar-refractivity contribution in [2.45, 2.75) is 104 Å². The quantitative estimate of drug-likeness (QED) is 0.140. The number of halogens is 6. The fourth-order valence-electron chi connectivity index (χ4n) is 3.25. The Labute approximate surface area is 293 Å². The van der Waals surface area contributed by atoms with Crippen LogP contribution in [0.3, 0.4) is 0 Å². The molecule has 0 N–H and O–H groups in total. The van der Waals surface area contributed by atoms with Gasteiger partial charge in [0.15, 0.2) is 20.2 Å². The maximum atomic E-state index is 10.7. The van der Waals surface area contributed by atoms with Gasteiger partial charge in [0.1, 0.15) is 0 Å². The summed E-state index contributed by atoms with van der Waals surface area (Å²) < 4.78 is 118. The van der Waals surface area contributed by atoms with E-state index in [1.807, 2.05) is 0 Å². The van der Waals surface area contributed by atoms with Crippen molar-refractivity contribution in [3.8, 4) is 12.1 Å². The minimum atomic E-state index is -6.09. The van der Waals surface area contributed by atoms with Crippen LogP contribution in [-0.4, -0.2) is 67.8 Å². The average Bonchev–Trinajstić information content (AvgIpc) is 2.86. The van der Waals surface area contributed by atoms with E-state index in [1.165, 1.54) is 13.8 Å². The summed E-state index contributed by atoms with van der Waals surface area (Å²) in [6.07, 6.45) is 0. The molecule has 2 aromatic rings. The largest absolute Gasteiger partial charge is 3.00 e. The zero-order valence-electron chi connectivity index (χ0n) is 27.8. The maximum absolute atomic E-state index is 10.7. The Bertz CT molecular complexity index is 1440. The maximum Gasteiger partial charge on any atom is 3.00 e. The summed E-state index contributed by atoms with van der Waals surface area (Å²) in [6.45, 7) is 19.7. The van der Waals surface area contributed by atoms with Gasteiger partial charge < -0.3 is 9.11 Å². The van der Waals surface area contributed by atoms with Crippen LogP contribution in [0.4, 0.5) is 26.3 Å². The SMILES string of the molecule is CC#N.CC#N.CC(C)(C)N1Cc2cccc(n2)CN(C(C)(C)C)Cc2cccc(n2)C1.O=S(=O)([O-])C(F)(F)F.O=S(=O)([O-])C(F)(F)F.[Ni+3]. The summed E-state index contributed by atoms with van der Waals surface area (Å²) in [5.41, 5.74) is -6.68. The van der Waals surface area contributed by atoms with E-state index < -0.39 is 31.3 Å². The Morgan fingerprint density at radius 2 is 0.776 bits per heavy atom. The molecule has 1 aliphatic heterocycles. The third-order valence-electron chi connectivity index (χ3n) is 5.60. The first-order valence-corrected chi connectivity index (χ1v) is 16.3. The van der Waals surface area contributed by atoms with Crippen molar-refractivity contribution in [3.05, 3.63) is 59.2 Å². The van der Waals surface area contributed by atoms with Gasteiger partial charge in [0.25, 0.3) is 0 Å². The number of fused-ring (bicyclic) bond motifs is 4. The number of rotatable bonds is 0. The van der Waals surface area contributed by atoms with Crippen molar-refractivity contribution in [2.75, 3.05) is 0 Å². The minimum Gasteiger partial charge on any atom is -0.741 e. The molecule has 0 unspecified atom stereocenters. The van der Waals surface area contributed by atoms with Crippen molar-refractivity contribution in [1.29, 1.82) is 10.5 Å². The summed E-state index contributed by atoms with van der Waals surface area (Å²) in [7, 11) is -12.2. The molecule has 279 valence electrons. The molecule has 12 nitrogen and oxygen atoms in total. The molecular formula is C28H38F6N6NiO6S2+. The molecule has 21 heteroatoms.